The summed E-state index contributed by atoms with van der Waals surface area (Å²) in [6.45, 7) is 7.87. The van der Waals surface area contributed by atoms with E-state index < -0.39 is 5.41 Å². The summed E-state index contributed by atoms with van der Waals surface area (Å²) < 4.78 is 0. The van der Waals surface area contributed by atoms with Crippen LogP contribution < -0.4 is 0 Å². The number of piperazine rings is 1. The summed E-state index contributed by atoms with van der Waals surface area (Å²) in [4.78, 5) is 28.1. The van der Waals surface area contributed by atoms with Gasteiger partial charge in [-0.05, 0) is 18.2 Å². The molecule has 1 aromatic carbocycles. The van der Waals surface area contributed by atoms with Crippen molar-refractivity contribution in [3.8, 4) is 5.75 Å². The molecular weight excluding hydrogens is 268 g/mol. The SMILES string of the molecule is CC(C)(C)C(=O)N1CCN(C(=O)c2cccc(O)c2)CC1. The molecular formula is C16H22N2O3. The molecule has 0 aliphatic carbocycles. The average molecular weight is 290 g/mol. The Hall–Kier alpha value is -2.04. The Morgan fingerprint density at radius 2 is 1.62 bits per heavy atom. The van der Waals surface area contributed by atoms with Crippen molar-refractivity contribution in [2.45, 2.75) is 20.8 Å². The minimum absolute atomic E-state index is 0.0856. The topological polar surface area (TPSA) is 60.9 Å². The summed E-state index contributed by atoms with van der Waals surface area (Å²) in [6, 6.07) is 6.35. The lowest BCUT2D eigenvalue weighted by molar-refractivity contribution is -0.140. The monoisotopic (exact) mass is 290 g/mol. The van der Waals surface area contributed by atoms with Gasteiger partial charge in [0, 0.05) is 37.2 Å². The zero-order valence-electron chi connectivity index (χ0n) is 12.8. The number of aromatic hydroxyl groups is 1. The lowest BCUT2D eigenvalue weighted by Crippen LogP contribution is -2.53. The molecule has 0 bridgehead atoms. The van der Waals surface area contributed by atoms with Gasteiger partial charge in [-0.3, -0.25) is 9.59 Å². The molecule has 2 amide bonds. The summed E-state index contributed by atoms with van der Waals surface area (Å²) in [5.41, 5.74) is 0.0859. The normalized spacial score (nSPS) is 16.0. The quantitative estimate of drug-likeness (QED) is 0.856. The summed E-state index contributed by atoms with van der Waals surface area (Å²) in [6.07, 6.45) is 0. The van der Waals surface area contributed by atoms with E-state index in [-0.39, 0.29) is 17.6 Å². The highest BCUT2D eigenvalue weighted by Crippen LogP contribution is 2.19. The van der Waals surface area contributed by atoms with Crippen LogP contribution in [0.5, 0.6) is 5.75 Å². The number of phenols is 1. The molecule has 0 saturated carbocycles. The Morgan fingerprint density at radius 3 is 2.14 bits per heavy atom. The van der Waals surface area contributed by atoms with Gasteiger partial charge in [0.2, 0.25) is 5.91 Å². The zero-order valence-corrected chi connectivity index (χ0v) is 12.8. The fraction of sp³-hybridized carbons (Fsp3) is 0.500. The van der Waals surface area contributed by atoms with Crippen LogP contribution in [-0.2, 0) is 4.79 Å². The zero-order chi connectivity index (χ0) is 15.6. The van der Waals surface area contributed by atoms with Crippen molar-refractivity contribution < 1.29 is 14.7 Å². The fourth-order valence-electron chi connectivity index (χ4n) is 2.41. The Labute approximate surface area is 125 Å². The third-order valence-corrected chi connectivity index (χ3v) is 3.59. The number of rotatable bonds is 1. The Bertz CT molecular complexity index is 541. The van der Waals surface area contributed by atoms with E-state index in [4.69, 9.17) is 0 Å². The lowest BCUT2D eigenvalue weighted by atomic mass is 9.94. The van der Waals surface area contributed by atoms with Gasteiger partial charge in [0.25, 0.3) is 5.91 Å². The second-order valence-electron chi connectivity index (χ2n) is 6.38. The Kier molecular flexibility index (Phi) is 4.21. The fourth-order valence-corrected chi connectivity index (χ4v) is 2.41. The molecule has 1 saturated heterocycles. The molecule has 0 spiro atoms. The van der Waals surface area contributed by atoms with Gasteiger partial charge in [0.1, 0.15) is 5.75 Å². The van der Waals surface area contributed by atoms with Gasteiger partial charge in [-0.15, -0.1) is 0 Å². The maximum Gasteiger partial charge on any atom is 0.254 e. The summed E-state index contributed by atoms with van der Waals surface area (Å²) in [5.74, 6) is 0.100. The van der Waals surface area contributed by atoms with Crippen LogP contribution in [0.4, 0.5) is 0 Å². The predicted octanol–water partition coefficient (Wildman–Crippen LogP) is 1.72. The number of carbonyl (C=O) groups excluding carboxylic acids is 2. The lowest BCUT2D eigenvalue weighted by Gasteiger charge is -2.37. The number of hydrogen-bond acceptors (Lipinski definition) is 3. The van der Waals surface area contributed by atoms with Crippen molar-refractivity contribution in [3.63, 3.8) is 0 Å². The largest absolute Gasteiger partial charge is 0.508 e. The summed E-state index contributed by atoms with van der Waals surface area (Å²) in [5, 5.41) is 9.44. The predicted molar refractivity (Wildman–Crippen MR) is 80.0 cm³/mol. The molecule has 5 heteroatoms. The highest BCUT2D eigenvalue weighted by Gasteiger charge is 2.31. The maximum atomic E-state index is 12.3. The van der Waals surface area contributed by atoms with E-state index in [1.807, 2.05) is 25.7 Å². The molecule has 21 heavy (non-hydrogen) atoms. The van der Waals surface area contributed by atoms with E-state index in [1.54, 1.807) is 17.0 Å². The third-order valence-electron chi connectivity index (χ3n) is 3.59. The molecule has 1 aromatic rings. The summed E-state index contributed by atoms with van der Waals surface area (Å²) >= 11 is 0. The van der Waals surface area contributed by atoms with E-state index in [0.29, 0.717) is 31.7 Å². The van der Waals surface area contributed by atoms with E-state index in [2.05, 4.69) is 0 Å². The number of phenolic OH excluding ortho intramolecular Hbond substituents is 1. The molecule has 0 radical (unpaired) electrons. The molecule has 0 atom stereocenters. The number of benzene rings is 1. The van der Waals surface area contributed by atoms with Crippen molar-refractivity contribution in [2.24, 2.45) is 5.41 Å². The van der Waals surface area contributed by atoms with Crippen molar-refractivity contribution in [1.82, 2.24) is 9.80 Å². The van der Waals surface area contributed by atoms with Crippen LogP contribution in [-0.4, -0.2) is 52.9 Å². The van der Waals surface area contributed by atoms with E-state index >= 15 is 0 Å². The van der Waals surface area contributed by atoms with Crippen LogP contribution in [0.1, 0.15) is 31.1 Å². The third kappa shape index (κ3) is 3.54. The Balaban J connectivity index is 1.98. The van der Waals surface area contributed by atoms with E-state index in [1.165, 1.54) is 12.1 Å². The molecule has 2 rings (SSSR count). The smallest absolute Gasteiger partial charge is 0.254 e. The molecule has 1 heterocycles. The van der Waals surface area contributed by atoms with Crippen LogP contribution in [0, 0.1) is 5.41 Å². The molecule has 1 aliphatic rings. The molecule has 5 nitrogen and oxygen atoms in total. The van der Waals surface area contributed by atoms with Crippen molar-refractivity contribution >= 4 is 11.8 Å². The van der Waals surface area contributed by atoms with Gasteiger partial charge in [-0.25, -0.2) is 0 Å². The highest BCUT2D eigenvalue weighted by atomic mass is 16.3. The molecule has 0 unspecified atom stereocenters. The summed E-state index contributed by atoms with van der Waals surface area (Å²) in [7, 11) is 0. The van der Waals surface area contributed by atoms with E-state index in [0.717, 1.165) is 0 Å². The van der Waals surface area contributed by atoms with Crippen molar-refractivity contribution in [2.75, 3.05) is 26.2 Å². The minimum atomic E-state index is -0.391. The first kappa shape index (κ1) is 15.4. The van der Waals surface area contributed by atoms with Gasteiger partial charge in [-0.2, -0.15) is 0 Å². The average Bonchev–Trinajstić information content (AvgIpc) is 2.45. The first-order valence-electron chi connectivity index (χ1n) is 7.17. The van der Waals surface area contributed by atoms with Crippen LogP contribution >= 0.6 is 0 Å². The number of carbonyl (C=O) groups is 2. The standard InChI is InChI=1S/C16H22N2O3/c1-16(2,3)15(21)18-9-7-17(8-10-18)14(20)12-5-4-6-13(19)11-12/h4-6,11,19H,7-10H2,1-3H3. The van der Waals surface area contributed by atoms with Gasteiger partial charge in [-0.1, -0.05) is 26.8 Å². The van der Waals surface area contributed by atoms with Crippen LogP contribution in [0.2, 0.25) is 0 Å². The molecule has 0 aromatic heterocycles. The first-order chi connectivity index (χ1) is 9.79. The van der Waals surface area contributed by atoms with Crippen molar-refractivity contribution in [3.05, 3.63) is 29.8 Å². The molecule has 1 fully saturated rings. The number of nitrogens with zero attached hydrogens (tertiary/aromatic N) is 2. The Morgan fingerprint density at radius 1 is 1.05 bits per heavy atom. The maximum absolute atomic E-state index is 12.3. The van der Waals surface area contributed by atoms with Gasteiger partial charge >= 0.3 is 0 Å². The second kappa shape index (κ2) is 5.76. The van der Waals surface area contributed by atoms with Crippen LogP contribution in [0.25, 0.3) is 0 Å². The van der Waals surface area contributed by atoms with Crippen LogP contribution in [0.15, 0.2) is 24.3 Å². The van der Waals surface area contributed by atoms with Crippen molar-refractivity contribution in [1.29, 1.82) is 0 Å². The number of hydrogen-bond donors (Lipinski definition) is 1. The molecule has 1 N–H and O–H groups in total. The molecule has 1 aliphatic heterocycles. The second-order valence-corrected chi connectivity index (χ2v) is 6.38. The van der Waals surface area contributed by atoms with Crippen LogP contribution in [0.3, 0.4) is 0 Å². The van der Waals surface area contributed by atoms with Gasteiger partial charge in [0.05, 0.1) is 0 Å². The highest BCUT2D eigenvalue weighted by molar-refractivity contribution is 5.94. The van der Waals surface area contributed by atoms with Gasteiger partial charge in [0.15, 0.2) is 0 Å². The minimum Gasteiger partial charge on any atom is -0.508 e. The molecule has 114 valence electrons. The first-order valence-corrected chi connectivity index (χ1v) is 7.17. The van der Waals surface area contributed by atoms with E-state index in [9.17, 15) is 14.7 Å². The number of amides is 2. The van der Waals surface area contributed by atoms with Gasteiger partial charge < -0.3 is 14.9 Å².